The van der Waals surface area contributed by atoms with Crippen molar-refractivity contribution in [2.24, 2.45) is 0 Å². The van der Waals surface area contributed by atoms with Gasteiger partial charge in [0, 0.05) is 52.4 Å². The largest absolute Gasteiger partial charge is 0.446 e. The molecule has 0 saturated heterocycles. The van der Waals surface area contributed by atoms with Gasteiger partial charge in [-0.05, 0) is 54.6 Å². The third kappa shape index (κ3) is 4.61. The van der Waals surface area contributed by atoms with Gasteiger partial charge in [0.1, 0.15) is 0 Å². The van der Waals surface area contributed by atoms with Crippen LogP contribution in [0.2, 0.25) is 0 Å². The molecule has 1 aliphatic carbocycles. The molecule has 0 aromatic heterocycles. The van der Waals surface area contributed by atoms with Gasteiger partial charge in [-0.15, -0.1) is 5.70 Å². The van der Waals surface area contributed by atoms with Crippen LogP contribution in [0.5, 0.6) is 0 Å². The monoisotopic (exact) mass is 368 g/mol. The van der Waals surface area contributed by atoms with E-state index < -0.39 is 0 Å². The van der Waals surface area contributed by atoms with E-state index in [9.17, 15) is 0 Å². The zero-order valence-corrected chi connectivity index (χ0v) is 17.2. The van der Waals surface area contributed by atoms with E-state index in [1.165, 1.54) is 17.1 Å². The Morgan fingerprint density at radius 2 is 1.14 bits per heavy atom. The van der Waals surface area contributed by atoms with Crippen molar-refractivity contribution in [2.45, 2.75) is 48.0 Å². The summed E-state index contributed by atoms with van der Waals surface area (Å²) in [6.07, 6.45) is 4.60. The maximum atomic E-state index is 3.64. The van der Waals surface area contributed by atoms with Gasteiger partial charge >= 0.3 is 0 Å². The molecule has 120 valence electrons. The van der Waals surface area contributed by atoms with Crippen LogP contribution in [0, 0.1) is 6.08 Å². The number of rotatable bonds is 9. The van der Waals surface area contributed by atoms with Crippen molar-refractivity contribution in [1.29, 1.82) is 0 Å². The average Bonchev–Trinajstić information content (AvgIpc) is 2.88. The van der Waals surface area contributed by atoms with Crippen LogP contribution in [-0.2, 0) is 26.2 Å². The maximum Gasteiger partial charge on any atom is 0.0131 e. The quantitative estimate of drug-likeness (QED) is 0.577. The number of likely N-dealkylation sites (N-methyl/N-ethyl adjacent to an activating group) is 2. The zero-order valence-electron chi connectivity index (χ0n) is 14.8. The summed E-state index contributed by atoms with van der Waals surface area (Å²) in [6, 6.07) is 0. The van der Waals surface area contributed by atoms with E-state index >= 15 is 0 Å². The summed E-state index contributed by atoms with van der Waals surface area (Å²) in [5.41, 5.74) is 4.20. The fraction of sp³-hybridized carbons (Fsp3) is 0.765. The SMILES string of the molecule is CCN(CC)C1=[C-]CC(N(CC)CC)=C1N(CC)CC.[Zr]. The van der Waals surface area contributed by atoms with Crippen molar-refractivity contribution in [2.75, 3.05) is 39.3 Å². The minimum atomic E-state index is 0. The predicted molar refractivity (Wildman–Crippen MR) is 87.2 cm³/mol. The summed E-state index contributed by atoms with van der Waals surface area (Å²) in [4.78, 5) is 7.41. The van der Waals surface area contributed by atoms with Gasteiger partial charge < -0.3 is 14.7 Å². The number of allylic oxidation sites excluding steroid dienone is 1. The van der Waals surface area contributed by atoms with E-state index in [0.29, 0.717) is 0 Å². The number of hydrogen-bond acceptors (Lipinski definition) is 3. The van der Waals surface area contributed by atoms with Gasteiger partial charge in [0.2, 0.25) is 0 Å². The van der Waals surface area contributed by atoms with Gasteiger partial charge in [-0.2, -0.15) is 0 Å². The predicted octanol–water partition coefficient (Wildman–Crippen LogP) is 3.31. The molecule has 1 aliphatic rings. The molecule has 0 spiro atoms. The summed E-state index contributed by atoms with van der Waals surface area (Å²) >= 11 is 0. The standard InChI is InChI=1S/C17H32N3.Zr/c1-7-18(8-2)15-13-14-16(19(9-3)10-4)17(15)20(11-5)12-6;/h7-13H2,1-6H3;/q-1;. The Bertz CT molecular complexity index is 351. The Balaban J connectivity index is 0.00000400. The summed E-state index contributed by atoms with van der Waals surface area (Å²) in [7, 11) is 0. The molecule has 0 aliphatic heterocycles. The van der Waals surface area contributed by atoms with Gasteiger partial charge in [-0.25, -0.2) is 6.08 Å². The molecule has 0 atom stereocenters. The van der Waals surface area contributed by atoms with Crippen molar-refractivity contribution < 1.29 is 26.2 Å². The average molecular weight is 370 g/mol. The molecular weight excluding hydrogens is 337 g/mol. The molecular formula is C17H32N3Zr-. The van der Waals surface area contributed by atoms with Crippen LogP contribution in [0.15, 0.2) is 17.1 Å². The van der Waals surface area contributed by atoms with E-state index in [1.54, 1.807) is 0 Å². The molecule has 0 aromatic carbocycles. The van der Waals surface area contributed by atoms with Crippen molar-refractivity contribution in [3.8, 4) is 0 Å². The van der Waals surface area contributed by atoms with Gasteiger partial charge in [0.15, 0.2) is 0 Å². The van der Waals surface area contributed by atoms with Crippen LogP contribution >= 0.6 is 0 Å². The third-order valence-electron chi connectivity index (χ3n) is 4.23. The van der Waals surface area contributed by atoms with Crippen LogP contribution in [0.3, 0.4) is 0 Å². The van der Waals surface area contributed by atoms with Crippen LogP contribution in [0.4, 0.5) is 0 Å². The van der Waals surface area contributed by atoms with Gasteiger partial charge in [0.25, 0.3) is 0 Å². The van der Waals surface area contributed by atoms with Crippen LogP contribution < -0.4 is 0 Å². The van der Waals surface area contributed by atoms with Crippen molar-refractivity contribution in [3.63, 3.8) is 0 Å². The molecule has 1 rings (SSSR count). The van der Waals surface area contributed by atoms with E-state index in [1.807, 2.05) is 0 Å². The molecule has 3 nitrogen and oxygen atoms in total. The Kier molecular flexibility index (Phi) is 10.4. The van der Waals surface area contributed by atoms with E-state index in [-0.39, 0.29) is 26.2 Å². The normalized spacial score (nSPS) is 13.9. The van der Waals surface area contributed by atoms with Crippen molar-refractivity contribution in [3.05, 3.63) is 23.2 Å². The molecule has 0 bridgehead atoms. The second-order valence-electron chi connectivity index (χ2n) is 5.01. The first-order valence-corrected chi connectivity index (χ1v) is 8.27. The second-order valence-corrected chi connectivity index (χ2v) is 5.01. The molecule has 0 unspecified atom stereocenters. The Morgan fingerprint density at radius 3 is 1.52 bits per heavy atom. The van der Waals surface area contributed by atoms with Crippen molar-refractivity contribution in [1.82, 2.24) is 14.7 Å². The van der Waals surface area contributed by atoms with Gasteiger partial charge in [-0.1, -0.05) is 17.8 Å². The summed E-state index contributed by atoms with van der Waals surface area (Å²) in [5, 5.41) is 0. The molecule has 0 N–H and O–H groups in total. The smallest absolute Gasteiger partial charge is 0.0131 e. The van der Waals surface area contributed by atoms with Gasteiger partial charge in [-0.3, -0.25) is 0 Å². The van der Waals surface area contributed by atoms with E-state index in [0.717, 1.165) is 45.7 Å². The molecule has 0 saturated carbocycles. The Hall–Kier alpha value is -0.237. The van der Waals surface area contributed by atoms with Crippen molar-refractivity contribution >= 4 is 0 Å². The van der Waals surface area contributed by atoms with E-state index in [4.69, 9.17) is 0 Å². The zero-order chi connectivity index (χ0) is 15.1. The Labute approximate surface area is 151 Å². The first kappa shape index (κ1) is 20.8. The Morgan fingerprint density at radius 1 is 0.714 bits per heavy atom. The van der Waals surface area contributed by atoms with Gasteiger partial charge in [0.05, 0.1) is 0 Å². The summed E-state index contributed by atoms with van der Waals surface area (Å²) in [6.45, 7) is 19.8. The number of hydrogen-bond donors (Lipinski definition) is 0. The minimum Gasteiger partial charge on any atom is -0.446 e. The molecule has 0 amide bonds. The summed E-state index contributed by atoms with van der Waals surface area (Å²) < 4.78 is 0. The van der Waals surface area contributed by atoms with Crippen LogP contribution in [-0.4, -0.2) is 54.0 Å². The first-order chi connectivity index (χ1) is 9.68. The molecule has 0 fully saturated rings. The maximum absolute atomic E-state index is 3.64. The molecule has 4 heteroatoms. The number of nitrogens with zero attached hydrogens (tertiary/aromatic N) is 3. The fourth-order valence-electron chi connectivity index (χ4n) is 3.01. The minimum absolute atomic E-state index is 0. The fourth-order valence-corrected chi connectivity index (χ4v) is 3.01. The molecule has 0 aromatic rings. The summed E-state index contributed by atoms with van der Waals surface area (Å²) in [5.74, 6) is 0. The molecule has 0 heterocycles. The molecule has 0 radical (unpaired) electrons. The van der Waals surface area contributed by atoms with Crippen LogP contribution in [0.1, 0.15) is 48.0 Å². The third-order valence-corrected chi connectivity index (χ3v) is 4.23. The second kappa shape index (κ2) is 10.5. The molecule has 21 heavy (non-hydrogen) atoms. The van der Waals surface area contributed by atoms with E-state index in [2.05, 4.69) is 62.3 Å². The topological polar surface area (TPSA) is 9.72 Å². The first-order valence-electron chi connectivity index (χ1n) is 8.27. The van der Waals surface area contributed by atoms with Crippen LogP contribution in [0.25, 0.3) is 0 Å².